The summed E-state index contributed by atoms with van der Waals surface area (Å²) in [5, 5.41) is 9.20. The number of nitrogens with zero attached hydrogens (tertiary/aromatic N) is 3. The number of hydrogen-bond acceptors (Lipinski definition) is 6. The average Bonchev–Trinajstić information content (AvgIpc) is 3.27. The second-order valence-electron chi connectivity index (χ2n) is 7.71. The summed E-state index contributed by atoms with van der Waals surface area (Å²) in [5.74, 6) is 0.909. The smallest absolute Gasteiger partial charge is 0.252 e. The van der Waals surface area contributed by atoms with Crippen molar-refractivity contribution >= 4 is 17.2 Å². The molecular formula is C22H26N4O2S. The van der Waals surface area contributed by atoms with Crippen LogP contribution in [0, 0.1) is 13.8 Å². The zero-order valence-corrected chi connectivity index (χ0v) is 17.9. The minimum absolute atomic E-state index is 0.0186. The van der Waals surface area contributed by atoms with E-state index >= 15 is 0 Å². The Morgan fingerprint density at radius 2 is 2.24 bits per heavy atom. The molecule has 7 heteroatoms. The van der Waals surface area contributed by atoms with Gasteiger partial charge in [-0.1, -0.05) is 11.2 Å². The maximum Gasteiger partial charge on any atom is 0.252 e. The number of carbonyl (C=O) groups is 1. The van der Waals surface area contributed by atoms with Crippen LogP contribution in [0.25, 0.3) is 0 Å². The molecular weight excluding hydrogens is 384 g/mol. The summed E-state index contributed by atoms with van der Waals surface area (Å²) in [6.45, 7) is 8.60. The number of pyridine rings is 1. The highest BCUT2D eigenvalue weighted by Crippen LogP contribution is 2.30. The molecule has 0 aromatic carbocycles. The summed E-state index contributed by atoms with van der Waals surface area (Å²) in [7, 11) is 0. The number of rotatable bonds is 6. The number of amides is 1. The Bertz CT molecular complexity index is 976. The van der Waals surface area contributed by atoms with Crippen molar-refractivity contribution in [1.82, 2.24) is 20.4 Å². The molecule has 0 aliphatic carbocycles. The molecule has 0 saturated carbocycles. The molecule has 3 aromatic rings. The lowest BCUT2D eigenvalue weighted by atomic mass is 10.0. The van der Waals surface area contributed by atoms with Crippen molar-refractivity contribution in [3.8, 4) is 0 Å². The summed E-state index contributed by atoms with van der Waals surface area (Å²) in [6.07, 6.45) is 3.40. The molecule has 0 bridgehead atoms. The maximum absolute atomic E-state index is 12.8. The first-order chi connectivity index (χ1) is 14.0. The van der Waals surface area contributed by atoms with Gasteiger partial charge in [-0.05, 0) is 44.9 Å². The lowest BCUT2D eigenvalue weighted by Gasteiger charge is -2.27. The van der Waals surface area contributed by atoms with Crippen LogP contribution < -0.4 is 5.32 Å². The van der Waals surface area contributed by atoms with Gasteiger partial charge in [0.1, 0.15) is 5.76 Å². The minimum atomic E-state index is 0.0186. The van der Waals surface area contributed by atoms with Crippen molar-refractivity contribution in [2.75, 3.05) is 6.54 Å². The molecule has 0 fully saturated rings. The Morgan fingerprint density at radius 3 is 2.97 bits per heavy atom. The van der Waals surface area contributed by atoms with Crippen molar-refractivity contribution in [2.24, 2.45) is 0 Å². The van der Waals surface area contributed by atoms with Crippen LogP contribution in [0.15, 0.2) is 34.3 Å². The molecule has 0 saturated heterocycles. The van der Waals surface area contributed by atoms with Crippen LogP contribution in [0.5, 0.6) is 0 Å². The Labute approximate surface area is 174 Å². The number of carbonyl (C=O) groups excluding carboxylic acids is 1. The zero-order chi connectivity index (χ0) is 20.4. The molecule has 1 N–H and O–H groups in total. The van der Waals surface area contributed by atoms with E-state index in [-0.39, 0.29) is 11.9 Å². The number of nitrogens with one attached hydrogen (secondary N) is 1. The van der Waals surface area contributed by atoms with Crippen molar-refractivity contribution in [3.63, 3.8) is 0 Å². The fraction of sp³-hybridized carbons (Fsp3) is 0.409. The van der Waals surface area contributed by atoms with Crippen LogP contribution in [0.4, 0.5) is 0 Å². The molecule has 4 rings (SSSR count). The van der Waals surface area contributed by atoms with E-state index in [4.69, 9.17) is 4.52 Å². The van der Waals surface area contributed by atoms with Gasteiger partial charge < -0.3 is 9.84 Å². The van der Waals surface area contributed by atoms with Gasteiger partial charge in [0.05, 0.1) is 11.3 Å². The zero-order valence-electron chi connectivity index (χ0n) is 17.1. The SMILES string of the molecule is Cc1noc(C)c1CN1CCc2c(C(=O)N[C@H](C)Cc3ccccn3)csc2C1. The molecule has 0 radical (unpaired) electrons. The van der Waals surface area contributed by atoms with E-state index in [1.807, 2.05) is 44.4 Å². The highest BCUT2D eigenvalue weighted by atomic mass is 32.1. The van der Waals surface area contributed by atoms with Gasteiger partial charge in [-0.2, -0.15) is 0 Å². The lowest BCUT2D eigenvalue weighted by molar-refractivity contribution is 0.0938. The van der Waals surface area contributed by atoms with Crippen LogP contribution in [0.3, 0.4) is 0 Å². The number of fused-ring (bicyclic) bond motifs is 1. The molecule has 1 amide bonds. The Hall–Kier alpha value is -2.51. The van der Waals surface area contributed by atoms with Crippen LogP contribution in [0.1, 0.15) is 50.4 Å². The number of aryl methyl sites for hydroxylation is 2. The fourth-order valence-corrected chi connectivity index (χ4v) is 4.96. The standard InChI is InChI=1S/C22H26N4O2S/c1-14(10-17-6-4-5-8-23-17)24-22(27)20-13-29-21-12-26(9-7-18(20)21)11-19-15(2)25-28-16(19)3/h4-6,8,13-14H,7,9-12H2,1-3H3,(H,24,27)/t14-/m1/s1. The third kappa shape index (κ3) is 4.41. The van der Waals surface area contributed by atoms with Gasteiger partial charge in [0.15, 0.2) is 0 Å². The first-order valence-corrected chi connectivity index (χ1v) is 10.8. The lowest BCUT2D eigenvalue weighted by Crippen LogP contribution is -2.35. The topological polar surface area (TPSA) is 71.3 Å². The number of hydrogen-bond donors (Lipinski definition) is 1. The van der Waals surface area contributed by atoms with Crippen molar-refractivity contribution in [2.45, 2.75) is 52.7 Å². The highest BCUT2D eigenvalue weighted by Gasteiger charge is 2.25. The number of aromatic nitrogens is 2. The Morgan fingerprint density at radius 1 is 1.38 bits per heavy atom. The van der Waals surface area contributed by atoms with E-state index in [1.54, 1.807) is 17.5 Å². The summed E-state index contributed by atoms with van der Waals surface area (Å²) in [6, 6.07) is 5.90. The van der Waals surface area contributed by atoms with E-state index in [1.165, 1.54) is 16.0 Å². The van der Waals surface area contributed by atoms with Gasteiger partial charge in [-0.25, -0.2) is 0 Å². The first-order valence-electron chi connectivity index (χ1n) is 9.95. The summed E-state index contributed by atoms with van der Waals surface area (Å²) < 4.78 is 5.29. The largest absolute Gasteiger partial charge is 0.361 e. The Kier molecular flexibility index (Phi) is 5.78. The molecule has 4 heterocycles. The first kappa shape index (κ1) is 19.8. The van der Waals surface area contributed by atoms with Gasteiger partial charge in [-0.15, -0.1) is 11.3 Å². The van der Waals surface area contributed by atoms with Crippen LogP contribution in [-0.4, -0.2) is 33.5 Å². The van der Waals surface area contributed by atoms with Gasteiger partial charge in [0.25, 0.3) is 5.91 Å². The van der Waals surface area contributed by atoms with Crippen molar-refractivity contribution < 1.29 is 9.32 Å². The third-order valence-corrected chi connectivity index (χ3v) is 6.47. The molecule has 1 atom stereocenters. The van der Waals surface area contributed by atoms with Gasteiger partial charge in [-0.3, -0.25) is 14.7 Å². The quantitative estimate of drug-likeness (QED) is 0.671. The van der Waals surface area contributed by atoms with E-state index in [2.05, 4.69) is 20.4 Å². The molecule has 6 nitrogen and oxygen atoms in total. The van der Waals surface area contributed by atoms with E-state index in [0.29, 0.717) is 0 Å². The molecule has 152 valence electrons. The molecule has 0 spiro atoms. The Balaban J connectivity index is 1.39. The average molecular weight is 411 g/mol. The van der Waals surface area contributed by atoms with Crippen LogP contribution in [0.2, 0.25) is 0 Å². The van der Waals surface area contributed by atoms with Gasteiger partial charge >= 0.3 is 0 Å². The van der Waals surface area contributed by atoms with Crippen LogP contribution in [-0.2, 0) is 25.9 Å². The van der Waals surface area contributed by atoms with Crippen molar-refractivity contribution in [1.29, 1.82) is 0 Å². The predicted molar refractivity (Wildman–Crippen MR) is 113 cm³/mol. The summed E-state index contributed by atoms with van der Waals surface area (Å²) in [4.78, 5) is 20.9. The van der Waals surface area contributed by atoms with E-state index < -0.39 is 0 Å². The highest BCUT2D eigenvalue weighted by molar-refractivity contribution is 7.10. The van der Waals surface area contributed by atoms with Gasteiger partial charge in [0.2, 0.25) is 0 Å². The molecule has 29 heavy (non-hydrogen) atoms. The normalized spacial score (nSPS) is 15.1. The molecule has 1 aliphatic heterocycles. The predicted octanol–water partition coefficient (Wildman–Crippen LogP) is 3.67. The summed E-state index contributed by atoms with van der Waals surface area (Å²) >= 11 is 1.68. The van der Waals surface area contributed by atoms with Crippen LogP contribution >= 0.6 is 11.3 Å². The minimum Gasteiger partial charge on any atom is -0.361 e. The second kappa shape index (κ2) is 8.47. The van der Waals surface area contributed by atoms with E-state index in [0.717, 1.165) is 55.2 Å². The molecule has 1 aliphatic rings. The maximum atomic E-state index is 12.8. The molecule has 3 aromatic heterocycles. The third-order valence-electron chi connectivity index (χ3n) is 5.45. The summed E-state index contributed by atoms with van der Waals surface area (Å²) in [5.41, 5.74) is 5.15. The number of thiophene rings is 1. The second-order valence-corrected chi connectivity index (χ2v) is 8.68. The van der Waals surface area contributed by atoms with E-state index in [9.17, 15) is 4.79 Å². The van der Waals surface area contributed by atoms with Crippen molar-refractivity contribution in [3.05, 3.63) is 68.5 Å². The van der Waals surface area contributed by atoms with Gasteiger partial charge in [0, 0.05) is 59.8 Å². The monoisotopic (exact) mass is 410 g/mol. The molecule has 0 unspecified atom stereocenters. The fourth-order valence-electron chi connectivity index (χ4n) is 3.84.